The van der Waals surface area contributed by atoms with E-state index in [1.165, 1.54) is 5.56 Å². The van der Waals surface area contributed by atoms with Crippen molar-refractivity contribution in [3.05, 3.63) is 41.7 Å². The summed E-state index contributed by atoms with van der Waals surface area (Å²) in [4.78, 5) is 6.75. The predicted molar refractivity (Wildman–Crippen MR) is 75.1 cm³/mol. The monoisotopic (exact) mass is 257 g/mol. The van der Waals surface area contributed by atoms with E-state index in [1.807, 2.05) is 18.2 Å². The predicted octanol–water partition coefficient (Wildman–Crippen LogP) is 1.49. The summed E-state index contributed by atoms with van der Waals surface area (Å²) in [5, 5.41) is 7.37. The summed E-state index contributed by atoms with van der Waals surface area (Å²) >= 11 is 0. The average molecular weight is 257 g/mol. The van der Waals surface area contributed by atoms with Crippen LogP contribution in [0, 0.1) is 0 Å². The highest BCUT2D eigenvalue weighted by Gasteiger charge is 2.23. The number of nitrogens with two attached hydrogens (primary N) is 1. The fourth-order valence-corrected chi connectivity index (χ4v) is 2.47. The van der Waals surface area contributed by atoms with Crippen LogP contribution in [-0.4, -0.2) is 34.3 Å². The minimum Gasteiger partial charge on any atom is -0.338 e. The van der Waals surface area contributed by atoms with Crippen molar-refractivity contribution < 1.29 is 0 Å². The molecule has 0 amide bonds. The molecule has 2 unspecified atom stereocenters. The van der Waals surface area contributed by atoms with Crippen LogP contribution in [-0.2, 0) is 0 Å². The molecule has 3 rings (SSSR count). The van der Waals surface area contributed by atoms with E-state index in [1.54, 1.807) is 0 Å². The van der Waals surface area contributed by atoms with E-state index in [4.69, 9.17) is 5.73 Å². The van der Waals surface area contributed by atoms with Crippen molar-refractivity contribution in [2.24, 2.45) is 5.73 Å². The van der Waals surface area contributed by atoms with Gasteiger partial charge in [0.1, 0.15) is 5.82 Å². The highest BCUT2D eigenvalue weighted by atomic mass is 15.4. The van der Waals surface area contributed by atoms with E-state index in [2.05, 4.69) is 39.1 Å². The van der Waals surface area contributed by atoms with Crippen LogP contribution in [0.5, 0.6) is 0 Å². The zero-order valence-corrected chi connectivity index (χ0v) is 11.1. The van der Waals surface area contributed by atoms with Crippen molar-refractivity contribution in [1.29, 1.82) is 0 Å². The highest BCUT2D eigenvalue weighted by Crippen LogP contribution is 2.23. The Kier molecular flexibility index (Phi) is 3.21. The summed E-state index contributed by atoms with van der Waals surface area (Å²) in [5.74, 6) is 1.89. The summed E-state index contributed by atoms with van der Waals surface area (Å²) in [6.45, 7) is 3.92. The third-order valence-corrected chi connectivity index (χ3v) is 3.71. The van der Waals surface area contributed by atoms with Crippen LogP contribution < -0.4 is 10.6 Å². The quantitative estimate of drug-likeness (QED) is 0.874. The molecule has 19 heavy (non-hydrogen) atoms. The summed E-state index contributed by atoms with van der Waals surface area (Å²) in [6, 6.07) is 10.6. The summed E-state index contributed by atoms with van der Waals surface area (Å²) < 4.78 is 0. The fourth-order valence-electron chi connectivity index (χ4n) is 2.47. The summed E-state index contributed by atoms with van der Waals surface area (Å²) in [7, 11) is 0. The lowest BCUT2D eigenvalue weighted by atomic mass is 10.0. The number of H-pyrrole nitrogens is 1. The van der Waals surface area contributed by atoms with Crippen LogP contribution in [0.15, 0.2) is 30.3 Å². The van der Waals surface area contributed by atoms with Crippen molar-refractivity contribution in [2.75, 3.05) is 18.0 Å². The van der Waals surface area contributed by atoms with Crippen molar-refractivity contribution in [2.45, 2.75) is 25.3 Å². The molecule has 0 saturated carbocycles. The first-order valence-electron chi connectivity index (χ1n) is 6.72. The Bertz CT molecular complexity index is 536. The van der Waals surface area contributed by atoms with Crippen LogP contribution in [0.3, 0.4) is 0 Å². The van der Waals surface area contributed by atoms with Crippen LogP contribution in [0.2, 0.25) is 0 Å². The van der Waals surface area contributed by atoms with Crippen molar-refractivity contribution >= 4 is 5.95 Å². The lowest BCUT2D eigenvalue weighted by molar-refractivity contribution is 0.750. The third-order valence-electron chi connectivity index (χ3n) is 3.71. The van der Waals surface area contributed by atoms with E-state index < -0.39 is 0 Å². The van der Waals surface area contributed by atoms with E-state index >= 15 is 0 Å². The minimum absolute atomic E-state index is 0.221. The topological polar surface area (TPSA) is 70.8 Å². The van der Waals surface area contributed by atoms with Crippen molar-refractivity contribution in [1.82, 2.24) is 15.2 Å². The number of nitrogens with one attached hydrogen (secondary N) is 1. The zero-order chi connectivity index (χ0) is 13.2. The Morgan fingerprint density at radius 1 is 1.37 bits per heavy atom. The summed E-state index contributed by atoms with van der Waals surface area (Å²) in [5.41, 5.74) is 7.15. The van der Waals surface area contributed by atoms with Crippen LogP contribution in [0.25, 0.3) is 0 Å². The molecule has 1 aliphatic heterocycles. The molecule has 1 aromatic heterocycles. The molecular weight excluding hydrogens is 238 g/mol. The van der Waals surface area contributed by atoms with E-state index in [-0.39, 0.29) is 12.0 Å². The number of aromatic amines is 1. The average Bonchev–Trinajstić information content (AvgIpc) is 3.07. The number of rotatable bonds is 3. The Labute approximate surface area is 112 Å². The Morgan fingerprint density at radius 2 is 2.16 bits per heavy atom. The lowest BCUT2D eigenvalue weighted by Crippen LogP contribution is -2.27. The summed E-state index contributed by atoms with van der Waals surface area (Å²) in [6.07, 6.45) is 1.01. The van der Waals surface area contributed by atoms with Crippen molar-refractivity contribution in [3.63, 3.8) is 0 Å². The number of benzene rings is 1. The van der Waals surface area contributed by atoms with E-state index in [9.17, 15) is 0 Å². The SMILES string of the molecule is CC(c1ccccc1)c1nc(N2CCC(N)C2)n[nH]1. The number of nitrogens with zero attached hydrogens (tertiary/aromatic N) is 3. The minimum atomic E-state index is 0.221. The number of hydrogen-bond donors (Lipinski definition) is 2. The van der Waals surface area contributed by atoms with E-state index in [0.29, 0.717) is 0 Å². The smallest absolute Gasteiger partial charge is 0.244 e. The molecule has 1 aliphatic rings. The van der Waals surface area contributed by atoms with Gasteiger partial charge in [0, 0.05) is 25.0 Å². The van der Waals surface area contributed by atoms with Gasteiger partial charge in [-0.3, -0.25) is 5.10 Å². The normalized spacial score (nSPS) is 20.7. The van der Waals surface area contributed by atoms with Gasteiger partial charge < -0.3 is 10.6 Å². The molecule has 5 heteroatoms. The van der Waals surface area contributed by atoms with Gasteiger partial charge in [-0.2, -0.15) is 4.98 Å². The second-order valence-electron chi connectivity index (χ2n) is 5.15. The Hall–Kier alpha value is -1.88. The fraction of sp³-hybridized carbons (Fsp3) is 0.429. The number of aromatic nitrogens is 3. The molecule has 0 radical (unpaired) electrons. The standard InChI is InChI=1S/C14H19N5/c1-10(11-5-3-2-4-6-11)13-16-14(18-17-13)19-8-7-12(15)9-19/h2-6,10,12H,7-9,15H2,1H3,(H,16,17,18). The molecule has 2 aromatic rings. The molecular formula is C14H19N5. The number of hydrogen-bond acceptors (Lipinski definition) is 4. The molecule has 2 atom stereocenters. The van der Waals surface area contributed by atoms with Gasteiger partial charge >= 0.3 is 0 Å². The second kappa shape index (κ2) is 5.01. The largest absolute Gasteiger partial charge is 0.338 e. The number of anilines is 1. The molecule has 100 valence electrons. The molecule has 0 bridgehead atoms. The first kappa shape index (κ1) is 12.2. The van der Waals surface area contributed by atoms with Gasteiger partial charge in [-0.05, 0) is 12.0 Å². The van der Waals surface area contributed by atoms with E-state index in [0.717, 1.165) is 31.3 Å². The van der Waals surface area contributed by atoms with Gasteiger partial charge in [0.05, 0.1) is 0 Å². The Morgan fingerprint density at radius 3 is 2.84 bits per heavy atom. The molecule has 3 N–H and O–H groups in total. The van der Waals surface area contributed by atoms with Gasteiger partial charge in [-0.25, -0.2) is 0 Å². The Balaban J connectivity index is 1.78. The van der Waals surface area contributed by atoms with Crippen LogP contribution >= 0.6 is 0 Å². The van der Waals surface area contributed by atoms with Crippen LogP contribution in [0.4, 0.5) is 5.95 Å². The molecule has 5 nitrogen and oxygen atoms in total. The molecule has 0 aliphatic carbocycles. The van der Waals surface area contributed by atoms with Crippen molar-refractivity contribution in [3.8, 4) is 0 Å². The van der Waals surface area contributed by atoms with Gasteiger partial charge in [0.2, 0.25) is 5.95 Å². The molecule has 1 aromatic carbocycles. The molecule has 1 saturated heterocycles. The van der Waals surface area contributed by atoms with Gasteiger partial charge in [-0.15, -0.1) is 5.10 Å². The van der Waals surface area contributed by atoms with Gasteiger partial charge in [-0.1, -0.05) is 37.3 Å². The lowest BCUT2D eigenvalue weighted by Gasteiger charge is -2.12. The van der Waals surface area contributed by atoms with Gasteiger partial charge in [0.25, 0.3) is 0 Å². The maximum Gasteiger partial charge on any atom is 0.244 e. The third kappa shape index (κ3) is 2.46. The molecule has 2 heterocycles. The highest BCUT2D eigenvalue weighted by molar-refractivity contribution is 5.33. The molecule has 0 spiro atoms. The second-order valence-corrected chi connectivity index (χ2v) is 5.15. The zero-order valence-electron chi connectivity index (χ0n) is 11.1. The van der Waals surface area contributed by atoms with Gasteiger partial charge in [0.15, 0.2) is 0 Å². The first-order chi connectivity index (χ1) is 9.24. The first-order valence-corrected chi connectivity index (χ1v) is 6.72. The maximum atomic E-state index is 5.91. The maximum absolute atomic E-state index is 5.91. The van der Waals surface area contributed by atoms with Crippen LogP contribution in [0.1, 0.15) is 30.7 Å². The molecule has 1 fully saturated rings.